The van der Waals surface area contributed by atoms with Gasteiger partial charge in [-0.3, -0.25) is 4.79 Å². The van der Waals surface area contributed by atoms with E-state index < -0.39 is 17.8 Å². The van der Waals surface area contributed by atoms with Crippen molar-refractivity contribution in [2.24, 2.45) is 0 Å². The van der Waals surface area contributed by atoms with E-state index in [0.29, 0.717) is 0 Å². The van der Waals surface area contributed by atoms with Crippen LogP contribution in [0, 0.1) is 0 Å². The number of rotatable bonds is 2. The first-order chi connectivity index (χ1) is 6.45. The number of hydrogen-bond acceptors (Lipinski definition) is 1. The molecule has 0 aliphatic carbocycles. The van der Waals surface area contributed by atoms with Crippen LogP contribution < -0.4 is 0 Å². The standard InChI is InChI=1S/C9H6Cl2F2O/c1-4(14)5-2-3-6(10)8(11)7(5)9(12)13/h2-3,9H,1H3. The molecule has 0 aliphatic heterocycles. The Labute approximate surface area is 89.6 Å². The molecule has 0 amide bonds. The summed E-state index contributed by atoms with van der Waals surface area (Å²) >= 11 is 11.1. The Balaban J connectivity index is 3.45. The van der Waals surface area contributed by atoms with Crippen molar-refractivity contribution >= 4 is 29.0 Å². The Morgan fingerprint density at radius 3 is 2.36 bits per heavy atom. The largest absolute Gasteiger partial charge is 0.294 e. The number of hydrogen-bond donors (Lipinski definition) is 0. The smallest absolute Gasteiger partial charge is 0.266 e. The fourth-order valence-electron chi connectivity index (χ4n) is 1.09. The van der Waals surface area contributed by atoms with Crippen LogP contribution in [0.4, 0.5) is 8.78 Å². The Bertz CT molecular complexity index is 377. The van der Waals surface area contributed by atoms with Gasteiger partial charge in [-0.2, -0.15) is 0 Å². The summed E-state index contributed by atoms with van der Waals surface area (Å²) in [5.74, 6) is -0.459. The average molecular weight is 239 g/mol. The van der Waals surface area contributed by atoms with Gasteiger partial charge in [0, 0.05) is 11.1 Å². The lowest BCUT2D eigenvalue weighted by Gasteiger charge is -2.09. The van der Waals surface area contributed by atoms with Crippen molar-refractivity contribution in [2.45, 2.75) is 13.3 Å². The minimum atomic E-state index is -2.81. The van der Waals surface area contributed by atoms with E-state index in [1.165, 1.54) is 19.1 Å². The molecule has 0 aromatic heterocycles. The summed E-state index contributed by atoms with van der Waals surface area (Å²) in [6, 6.07) is 2.57. The van der Waals surface area contributed by atoms with Gasteiger partial charge in [-0.25, -0.2) is 8.78 Å². The number of benzene rings is 1. The molecule has 0 aliphatic rings. The number of alkyl halides is 2. The molecular formula is C9H6Cl2F2O. The Hall–Kier alpha value is -0.670. The Morgan fingerprint density at radius 1 is 1.36 bits per heavy atom. The monoisotopic (exact) mass is 238 g/mol. The van der Waals surface area contributed by atoms with Gasteiger partial charge < -0.3 is 0 Å². The van der Waals surface area contributed by atoms with Crippen molar-refractivity contribution in [1.82, 2.24) is 0 Å². The lowest BCUT2D eigenvalue weighted by molar-refractivity contribution is 0.0999. The van der Waals surface area contributed by atoms with E-state index in [9.17, 15) is 13.6 Å². The van der Waals surface area contributed by atoms with Gasteiger partial charge in [0.1, 0.15) is 0 Å². The molecule has 0 bridgehead atoms. The van der Waals surface area contributed by atoms with E-state index in [-0.39, 0.29) is 15.6 Å². The fraction of sp³-hybridized carbons (Fsp3) is 0.222. The summed E-state index contributed by atoms with van der Waals surface area (Å²) in [5, 5.41) is -0.235. The normalized spacial score (nSPS) is 10.7. The van der Waals surface area contributed by atoms with Gasteiger partial charge in [-0.15, -0.1) is 0 Å². The van der Waals surface area contributed by atoms with Crippen LogP contribution in [0.25, 0.3) is 0 Å². The summed E-state index contributed by atoms with van der Waals surface area (Å²) in [4.78, 5) is 11.0. The van der Waals surface area contributed by atoms with Crippen LogP contribution in [-0.4, -0.2) is 5.78 Å². The molecule has 0 atom stereocenters. The molecule has 0 saturated heterocycles. The molecule has 76 valence electrons. The van der Waals surface area contributed by atoms with Gasteiger partial charge >= 0.3 is 0 Å². The number of Topliss-reactive ketones (excluding diaryl/α,β-unsaturated/α-hetero) is 1. The van der Waals surface area contributed by atoms with Crippen molar-refractivity contribution < 1.29 is 13.6 Å². The van der Waals surface area contributed by atoms with Crippen molar-refractivity contribution in [2.75, 3.05) is 0 Å². The number of carbonyl (C=O) groups is 1. The van der Waals surface area contributed by atoms with E-state index in [2.05, 4.69) is 0 Å². The molecule has 0 saturated carbocycles. The van der Waals surface area contributed by atoms with E-state index in [4.69, 9.17) is 23.2 Å². The zero-order valence-electron chi connectivity index (χ0n) is 7.15. The predicted molar refractivity (Wildman–Crippen MR) is 51.4 cm³/mol. The van der Waals surface area contributed by atoms with Crippen molar-refractivity contribution in [3.05, 3.63) is 33.3 Å². The summed E-state index contributed by atoms with van der Waals surface area (Å²) in [7, 11) is 0. The van der Waals surface area contributed by atoms with Gasteiger partial charge in [0.15, 0.2) is 5.78 Å². The van der Waals surface area contributed by atoms with Crippen molar-refractivity contribution in [3.63, 3.8) is 0 Å². The van der Waals surface area contributed by atoms with Gasteiger partial charge in [-0.1, -0.05) is 23.2 Å². The molecule has 1 aromatic carbocycles. The number of ketones is 1. The highest BCUT2D eigenvalue weighted by molar-refractivity contribution is 6.42. The third-order valence-electron chi connectivity index (χ3n) is 1.73. The van der Waals surface area contributed by atoms with Gasteiger partial charge in [-0.05, 0) is 19.1 Å². The van der Waals surface area contributed by atoms with E-state index in [0.717, 1.165) is 0 Å². The second-order valence-corrected chi connectivity index (χ2v) is 3.46. The molecule has 5 heteroatoms. The molecule has 1 nitrogen and oxygen atoms in total. The van der Waals surface area contributed by atoms with Crippen LogP contribution in [0.15, 0.2) is 12.1 Å². The summed E-state index contributed by atoms with van der Waals surface area (Å²) < 4.78 is 25.1. The molecule has 1 aromatic rings. The minimum Gasteiger partial charge on any atom is -0.294 e. The third-order valence-corrected chi connectivity index (χ3v) is 2.55. The maximum atomic E-state index is 12.5. The van der Waals surface area contributed by atoms with Crippen LogP contribution in [0.1, 0.15) is 29.3 Å². The Kier molecular flexibility index (Phi) is 3.45. The highest BCUT2D eigenvalue weighted by atomic mass is 35.5. The molecule has 0 fully saturated rings. The second kappa shape index (κ2) is 4.24. The predicted octanol–water partition coefficient (Wildman–Crippen LogP) is 4.13. The highest BCUT2D eigenvalue weighted by Crippen LogP contribution is 2.35. The first-order valence-electron chi connectivity index (χ1n) is 3.72. The van der Waals surface area contributed by atoms with E-state index in [1.807, 2.05) is 0 Å². The summed E-state index contributed by atoms with van der Waals surface area (Å²) in [6.45, 7) is 1.20. The Morgan fingerprint density at radius 2 is 1.93 bits per heavy atom. The molecule has 0 N–H and O–H groups in total. The van der Waals surface area contributed by atoms with Crippen molar-refractivity contribution in [3.8, 4) is 0 Å². The minimum absolute atomic E-state index is 0.0203. The lowest BCUT2D eigenvalue weighted by atomic mass is 10.0. The first-order valence-corrected chi connectivity index (χ1v) is 4.47. The lowest BCUT2D eigenvalue weighted by Crippen LogP contribution is -2.01. The van der Waals surface area contributed by atoms with Crippen LogP contribution >= 0.6 is 23.2 Å². The van der Waals surface area contributed by atoms with Crippen LogP contribution in [0.5, 0.6) is 0 Å². The number of carbonyl (C=O) groups excluding carboxylic acids is 1. The fourth-order valence-corrected chi connectivity index (χ4v) is 1.50. The van der Waals surface area contributed by atoms with Crippen molar-refractivity contribution in [1.29, 1.82) is 0 Å². The van der Waals surface area contributed by atoms with Gasteiger partial charge in [0.2, 0.25) is 0 Å². The molecule has 0 spiro atoms. The first kappa shape index (κ1) is 11.4. The van der Waals surface area contributed by atoms with Crippen LogP contribution in [0.2, 0.25) is 10.0 Å². The molecular weight excluding hydrogens is 233 g/mol. The number of halogens is 4. The quantitative estimate of drug-likeness (QED) is 0.709. The second-order valence-electron chi connectivity index (χ2n) is 2.68. The van der Waals surface area contributed by atoms with Gasteiger partial charge in [0.25, 0.3) is 6.43 Å². The van der Waals surface area contributed by atoms with Gasteiger partial charge in [0.05, 0.1) is 10.0 Å². The molecule has 0 radical (unpaired) electrons. The molecule has 0 heterocycles. The highest BCUT2D eigenvalue weighted by Gasteiger charge is 2.21. The SMILES string of the molecule is CC(=O)c1ccc(Cl)c(Cl)c1C(F)F. The van der Waals surface area contributed by atoms with E-state index in [1.54, 1.807) is 0 Å². The summed E-state index contributed by atoms with van der Waals surface area (Å²) in [6.07, 6.45) is -2.81. The summed E-state index contributed by atoms with van der Waals surface area (Å²) in [5.41, 5.74) is -0.582. The zero-order chi connectivity index (χ0) is 10.9. The maximum absolute atomic E-state index is 12.5. The third kappa shape index (κ3) is 2.04. The zero-order valence-corrected chi connectivity index (χ0v) is 8.66. The van der Waals surface area contributed by atoms with E-state index >= 15 is 0 Å². The topological polar surface area (TPSA) is 17.1 Å². The molecule has 14 heavy (non-hydrogen) atoms. The molecule has 0 unspecified atom stereocenters. The molecule has 1 rings (SSSR count). The maximum Gasteiger partial charge on any atom is 0.266 e. The van der Waals surface area contributed by atoms with Crippen LogP contribution in [0.3, 0.4) is 0 Å². The average Bonchev–Trinajstić information content (AvgIpc) is 2.08. The van der Waals surface area contributed by atoms with Crippen LogP contribution in [-0.2, 0) is 0 Å².